The van der Waals surface area contributed by atoms with Gasteiger partial charge in [0.1, 0.15) is 0 Å². The zero-order chi connectivity index (χ0) is 12.2. The molecule has 3 heteroatoms. The molecule has 0 radical (unpaired) electrons. The van der Waals surface area contributed by atoms with Gasteiger partial charge in [-0.15, -0.1) is 0 Å². The summed E-state index contributed by atoms with van der Waals surface area (Å²) in [5, 5.41) is 9.50. The SMILES string of the molecule is CCCC(O)CCCCCCCC(=O)OC. The van der Waals surface area contributed by atoms with Crippen LogP contribution in [0.4, 0.5) is 0 Å². The Balaban J connectivity index is 3.12. The minimum atomic E-state index is -0.113. The second kappa shape index (κ2) is 10.9. The van der Waals surface area contributed by atoms with Crippen LogP contribution in [-0.2, 0) is 9.53 Å². The van der Waals surface area contributed by atoms with Crippen molar-refractivity contribution in [1.29, 1.82) is 0 Å². The number of hydrogen-bond acceptors (Lipinski definition) is 3. The van der Waals surface area contributed by atoms with Crippen molar-refractivity contribution in [1.82, 2.24) is 0 Å². The van der Waals surface area contributed by atoms with Crippen LogP contribution >= 0.6 is 0 Å². The molecule has 0 heterocycles. The molecule has 0 amide bonds. The van der Waals surface area contributed by atoms with E-state index in [2.05, 4.69) is 11.7 Å². The lowest BCUT2D eigenvalue weighted by molar-refractivity contribution is -0.140. The molecule has 0 spiro atoms. The van der Waals surface area contributed by atoms with E-state index in [1.54, 1.807) is 0 Å². The van der Waals surface area contributed by atoms with E-state index in [0.29, 0.717) is 6.42 Å². The van der Waals surface area contributed by atoms with Crippen LogP contribution in [0.5, 0.6) is 0 Å². The van der Waals surface area contributed by atoms with E-state index in [1.807, 2.05) is 0 Å². The van der Waals surface area contributed by atoms with E-state index >= 15 is 0 Å². The molecular weight excluding hydrogens is 204 g/mol. The van der Waals surface area contributed by atoms with Crippen LogP contribution in [0.1, 0.15) is 64.7 Å². The maximum Gasteiger partial charge on any atom is 0.305 e. The Kier molecular flexibility index (Phi) is 10.5. The highest BCUT2D eigenvalue weighted by molar-refractivity contribution is 5.68. The zero-order valence-corrected chi connectivity index (χ0v) is 10.7. The van der Waals surface area contributed by atoms with Gasteiger partial charge in [0.05, 0.1) is 13.2 Å². The second-order valence-electron chi connectivity index (χ2n) is 4.33. The lowest BCUT2D eigenvalue weighted by Gasteiger charge is -2.08. The molecule has 96 valence electrons. The fourth-order valence-corrected chi connectivity index (χ4v) is 1.76. The van der Waals surface area contributed by atoms with Crippen LogP contribution in [-0.4, -0.2) is 24.3 Å². The summed E-state index contributed by atoms with van der Waals surface area (Å²) in [6.07, 6.45) is 8.73. The summed E-state index contributed by atoms with van der Waals surface area (Å²) in [7, 11) is 1.43. The lowest BCUT2D eigenvalue weighted by atomic mass is 10.0. The molecular formula is C13H26O3. The van der Waals surface area contributed by atoms with Gasteiger partial charge in [0.15, 0.2) is 0 Å². The van der Waals surface area contributed by atoms with Gasteiger partial charge in [-0.1, -0.05) is 39.0 Å². The maximum atomic E-state index is 10.8. The van der Waals surface area contributed by atoms with Gasteiger partial charge in [-0.3, -0.25) is 4.79 Å². The normalized spacial score (nSPS) is 12.4. The van der Waals surface area contributed by atoms with Crippen molar-refractivity contribution in [2.24, 2.45) is 0 Å². The first-order valence-electron chi connectivity index (χ1n) is 6.45. The minimum Gasteiger partial charge on any atom is -0.469 e. The highest BCUT2D eigenvalue weighted by atomic mass is 16.5. The number of hydrogen-bond donors (Lipinski definition) is 1. The summed E-state index contributed by atoms with van der Waals surface area (Å²) in [5.74, 6) is -0.113. The summed E-state index contributed by atoms with van der Waals surface area (Å²) >= 11 is 0. The smallest absolute Gasteiger partial charge is 0.305 e. The highest BCUT2D eigenvalue weighted by Gasteiger charge is 2.02. The molecule has 0 aromatic heterocycles. The van der Waals surface area contributed by atoms with E-state index in [1.165, 1.54) is 7.11 Å². The molecule has 0 aromatic carbocycles. The third-order valence-electron chi connectivity index (χ3n) is 2.77. The third-order valence-corrected chi connectivity index (χ3v) is 2.77. The standard InChI is InChI=1S/C13H26O3/c1-3-9-12(14)10-7-5-4-6-8-11-13(15)16-2/h12,14H,3-11H2,1-2H3. The van der Waals surface area contributed by atoms with E-state index in [0.717, 1.165) is 51.4 Å². The molecule has 0 aliphatic rings. The Bertz CT molecular complexity index is 169. The topological polar surface area (TPSA) is 46.5 Å². The predicted molar refractivity (Wildman–Crippen MR) is 65.2 cm³/mol. The van der Waals surface area contributed by atoms with Crippen LogP contribution in [0.15, 0.2) is 0 Å². The molecule has 0 saturated heterocycles. The van der Waals surface area contributed by atoms with Crippen molar-refractivity contribution >= 4 is 5.97 Å². The van der Waals surface area contributed by atoms with Crippen molar-refractivity contribution in [2.45, 2.75) is 70.8 Å². The van der Waals surface area contributed by atoms with Gasteiger partial charge in [0.2, 0.25) is 0 Å². The Morgan fingerprint density at radius 3 is 2.38 bits per heavy atom. The van der Waals surface area contributed by atoms with Crippen molar-refractivity contribution in [2.75, 3.05) is 7.11 Å². The van der Waals surface area contributed by atoms with Gasteiger partial charge < -0.3 is 9.84 Å². The van der Waals surface area contributed by atoms with Gasteiger partial charge in [-0.05, 0) is 19.3 Å². The Labute approximate surface area is 99.2 Å². The molecule has 0 aliphatic carbocycles. The fraction of sp³-hybridized carbons (Fsp3) is 0.923. The summed E-state index contributed by atoms with van der Waals surface area (Å²) in [6.45, 7) is 2.09. The fourth-order valence-electron chi connectivity index (χ4n) is 1.76. The van der Waals surface area contributed by atoms with Gasteiger partial charge in [-0.25, -0.2) is 0 Å². The van der Waals surface area contributed by atoms with Gasteiger partial charge in [0, 0.05) is 6.42 Å². The number of rotatable bonds is 10. The summed E-state index contributed by atoms with van der Waals surface area (Å²) in [4.78, 5) is 10.8. The molecule has 0 aliphatic heterocycles. The van der Waals surface area contributed by atoms with Gasteiger partial charge >= 0.3 is 5.97 Å². The van der Waals surface area contributed by atoms with E-state index in [-0.39, 0.29) is 12.1 Å². The molecule has 0 fully saturated rings. The van der Waals surface area contributed by atoms with Crippen molar-refractivity contribution < 1.29 is 14.6 Å². The first kappa shape index (κ1) is 15.4. The molecule has 1 N–H and O–H groups in total. The largest absolute Gasteiger partial charge is 0.469 e. The van der Waals surface area contributed by atoms with Crippen LogP contribution in [0.25, 0.3) is 0 Å². The second-order valence-corrected chi connectivity index (χ2v) is 4.33. The van der Waals surface area contributed by atoms with E-state index in [4.69, 9.17) is 0 Å². The monoisotopic (exact) mass is 230 g/mol. The molecule has 1 unspecified atom stereocenters. The highest BCUT2D eigenvalue weighted by Crippen LogP contribution is 2.11. The van der Waals surface area contributed by atoms with Crippen LogP contribution in [0.2, 0.25) is 0 Å². The number of esters is 1. The van der Waals surface area contributed by atoms with E-state index < -0.39 is 0 Å². The molecule has 0 rings (SSSR count). The Morgan fingerprint density at radius 2 is 1.75 bits per heavy atom. The number of methoxy groups -OCH3 is 1. The first-order chi connectivity index (χ1) is 7.70. The number of aliphatic hydroxyl groups excluding tert-OH is 1. The molecule has 3 nitrogen and oxygen atoms in total. The summed E-state index contributed by atoms with van der Waals surface area (Å²) in [5.41, 5.74) is 0. The lowest BCUT2D eigenvalue weighted by Crippen LogP contribution is -2.05. The molecule has 0 aromatic rings. The van der Waals surface area contributed by atoms with Crippen LogP contribution in [0, 0.1) is 0 Å². The third kappa shape index (κ3) is 9.97. The number of carbonyl (C=O) groups excluding carboxylic acids is 1. The zero-order valence-electron chi connectivity index (χ0n) is 10.7. The molecule has 16 heavy (non-hydrogen) atoms. The van der Waals surface area contributed by atoms with Crippen molar-refractivity contribution in [3.63, 3.8) is 0 Å². The summed E-state index contributed by atoms with van der Waals surface area (Å²) in [6, 6.07) is 0. The first-order valence-corrected chi connectivity index (χ1v) is 6.45. The van der Waals surface area contributed by atoms with E-state index in [9.17, 15) is 9.90 Å². The number of aliphatic hydroxyl groups is 1. The minimum absolute atomic E-state index is 0.111. The van der Waals surface area contributed by atoms with Crippen molar-refractivity contribution in [3.05, 3.63) is 0 Å². The molecule has 1 atom stereocenters. The maximum absolute atomic E-state index is 10.8. The average molecular weight is 230 g/mol. The Hall–Kier alpha value is -0.570. The van der Waals surface area contributed by atoms with Crippen LogP contribution < -0.4 is 0 Å². The quantitative estimate of drug-likeness (QED) is 0.463. The number of ether oxygens (including phenoxy) is 1. The predicted octanol–water partition coefficient (Wildman–Crippen LogP) is 3.05. The van der Waals surface area contributed by atoms with Gasteiger partial charge in [-0.2, -0.15) is 0 Å². The van der Waals surface area contributed by atoms with Crippen LogP contribution in [0.3, 0.4) is 0 Å². The average Bonchev–Trinajstić information content (AvgIpc) is 2.27. The number of unbranched alkanes of at least 4 members (excludes halogenated alkanes) is 4. The molecule has 0 saturated carbocycles. The van der Waals surface area contributed by atoms with Crippen molar-refractivity contribution in [3.8, 4) is 0 Å². The Morgan fingerprint density at radius 1 is 1.12 bits per heavy atom. The summed E-state index contributed by atoms with van der Waals surface area (Å²) < 4.78 is 4.56. The van der Waals surface area contributed by atoms with Gasteiger partial charge in [0.25, 0.3) is 0 Å². The molecule has 0 bridgehead atoms. The number of carbonyl (C=O) groups is 1.